The van der Waals surface area contributed by atoms with Crippen LogP contribution >= 0.6 is 0 Å². The lowest BCUT2D eigenvalue weighted by Crippen LogP contribution is -2.20. The molecule has 2 aliphatic rings. The molecule has 2 aliphatic carbocycles. The van der Waals surface area contributed by atoms with E-state index in [2.05, 4.69) is 13.8 Å². The van der Waals surface area contributed by atoms with Gasteiger partial charge in [-0.15, -0.1) is 0 Å². The molecule has 68 valence electrons. The molecule has 0 aromatic carbocycles. The number of aliphatic hydroxyl groups excluding tert-OH is 1. The third-order valence-electron chi connectivity index (χ3n) is 3.36. The monoisotopic (exact) mass is 166 g/mol. The largest absolute Gasteiger partial charge is 0.512 e. The molecule has 2 rings (SSSR count). The zero-order valence-electron chi connectivity index (χ0n) is 8.06. The van der Waals surface area contributed by atoms with E-state index in [4.69, 9.17) is 0 Å². The van der Waals surface area contributed by atoms with Crippen molar-refractivity contribution in [2.75, 3.05) is 0 Å². The molecule has 0 amide bonds. The quantitative estimate of drug-likeness (QED) is 0.666. The van der Waals surface area contributed by atoms with Crippen molar-refractivity contribution in [2.45, 2.75) is 46.0 Å². The molecule has 1 N–H and O–H groups in total. The van der Waals surface area contributed by atoms with Gasteiger partial charge in [0.2, 0.25) is 0 Å². The molecule has 0 spiro atoms. The summed E-state index contributed by atoms with van der Waals surface area (Å²) in [6.07, 6.45) is 5.95. The van der Waals surface area contributed by atoms with Crippen molar-refractivity contribution in [1.82, 2.24) is 0 Å². The van der Waals surface area contributed by atoms with Crippen molar-refractivity contribution in [3.05, 3.63) is 11.3 Å². The molecule has 0 aromatic heterocycles. The molecular formula is C11H18O. The highest BCUT2D eigenvalue weighted by molar-refractivity contribution is 5.30. The summed E-state index contributed by atoms with van der Waals surface area (Å²) in [7, 11) is 0. The molecule has 2 atom stereocenters. The molecule has 1 nitrogen and oxygen atoms in total. The van der Waals surface area contributed by atoms with Gasteiger partial charge in [-0.3, -0.25) is 0 Å². The Labute approximate surface area is 74.5 Å². The first kappa shape index (κ1) is 8.15. The van der Waals surface area contributed by atoms with Crippen LogP contribution in [0.4, 0.5) is 0 Å². The zero-order valence-corrected chi connectivity index (χ0v) is 8.06. The molecular weight excluding hydrogens is 148 g/mol. The lowest BCUT2D eigenvalue weighted by atomic mass is 9.75. The highest BCUT2D eigenvalue weighted by atomic mass is 16.3. The van der Waals surface area contributed by atoms with Crippen molar-refractivity contribution in [1.29, 1.82) is 0 Å². The Hall–Kier alpha value is -0.460. The Morgan fingerprint density at radius 1 is 1.58 bits per heavy atom. The normalized spacial score (nSPS) is 39.7. The van der Waals surface area contributed by atoms with Gasteiger partial charge in [-0.25, -0.2) is 0 Å². The Morgan fingerprint density at radius 2 is 2.33 bits per heavy atom. The summed E-state index contributed by atoms with van der Waals surface area (Å²) < 4.78 is 0. The van der Waals surface area contributed by atoms with Crippen LogP contribution in [0.1, 0.15) is 46.0 Å². The van der Waals surface area contributed by atoms with E-state index in [-0.39, 0.29) is 0 Å². The number of fused-ring (bicyclic) bond motifs is 1. The van der Waals surface area contributed by atoms with Crippen LogP contribution in [0.25, 0.3) is 0 Å². The zero-order chi connectivity index (χ0) is 8.77. The van der Waals surface area contributed by atoms with Crippen molar-refractivity contribution in [2.24, 2.45) is 11.3 Å². The van der Waals surface area contributed by atoms with Crippen LogP contribution < -0.4 is 0 Å². The average Bonchev–Trinajstić information content (AvgIpc) is 2.65. The Kier molecular flexibility index (Phi) is 1.71. The van der Waals surface area contributed by atoms with Crippen LogP contribution in [0.5, 0.6) is 0 Å². The fourth-order valence-electron chi connectivity index (χ4n) is 2.73. The van der Waals surface area contributed by atoms with Crippen LogP contribution in [0.15, 0.2) is 11.3 Å². The third kappa shape index (κ3) is 1.26. The molecule has 1 heteroatoms. The van der Waals surface area contributed by atoms with Gasteiger partial charge in [-0.05, 0) is 36.2 Å². The Morgan fingerprint density at radius 3 is 2.92 bits per heavy atom. The van der Waals surface area contributed by atoms with E-state index in [1.54, 1.807) is 0 Å². The highest BCUT2D eigenvalue weighted by Gasteiger charge is 2.44. The summed E-state index contributed by atoms with van der Waals surface area (Å²) in [6, 6.07) is 0. The van der Waals surface area contributed by atoms with Gasteiger partial charge < -0.3 is 5.11 Å². The number of hydrogen-bond donors (Lipinski definition) is 1. The predicted molar refractivity (Wildman–Crippen MR) is 50.0 cm³/mol. The van der Waals surface area contributed by atoms with E-state index in [9.17, 15) is 5.11 Å². The van der Waals surface area contributed by atoms with Gasteiger partial charge in [0, 0.05) is 6.42 Å². The van der Waals surface area contributed by atoms with Crippen LogP contribution in [-0.2, 0) is 0 Å². The second-order valence-corrected chi connectivity index (χ2v) is 4.81. The molecule has 0 heterocycles. The maximum absolute atomic E-state index is 9.66. The summed E-state index contributed by atoms with van der Waals surface area (Å²) in [5.41, 5.74) is 1.77. The van der Waals surface area contributed by atoms with E-state index in [0.717, 1.165) is 18.1 Å². The Balaban J connectivity index is 2.09. The maximum atomic E-state index is 9.66. The first-order valence-corrected chi connectivity index (χ1v) is 5.05. The lowest BCUT2D eigenvalue weighted by molar-refractivity contribution is 0.202. The van der Waals surface area contributed by atoms with E-state index in [0.29, 0.717) is 5.41 Å². The smallest absolute Gasteiger partial charge is 0.0923 e. The van der Waals surface area contributed by atoms with Gasteiger partial charge >= 0.3 is 0 Å². The van der Waals surface area contributed by atoms with E-state index >= 15 is 0 Å². The molecule has 0 aromatic rings. The third-order valence-corrected chi connectivity index (χ3v) is 3.36. The van der Waals surface area contributed by atoms with E-state index < -0.39 is 0 Å². The fraction of sp³-hybridized carbons (Fsp3) is 0.818. The van der Waals surface area contributed by atoms with E-state index in [1.165, 1.54) is 31.3 Å². The topological polar surface area (TPSA) is 20.2 Å². The maximum Gasteiger partial charge on any atom is 0.0923 e. The average molecular weight is 166 g/mol. The minimum absolute atomic E-state index is 0.406. The van der Waals surface area contributed by atoms with Gasteiger partial charge in [-0.2, -0.15) is 0 Å². The molecule has 0 aliphatic heterocycles. The Bertz CT molecular complexity index is 229. The first-order chi connectivity index (χ1) is 5.64. The second kappa shape index (κ2) is 2.51. The van der Waals surface area contributed by atoms with Crippen molar-refractivity contribution in [3.8, 4) is 0 Å². The molecule has 0 saturated heterocycles. The van der Waals surface area contributed by atoms with Crippen molar-refractivity contribution in [3.63, 3.8) is 0 Å². The van der Waals surface area contributed by atoms with Crippen molar-refractivity contribution < 1.29 is 5.11 Å². The van der Waals surface area contributed by atoms with Crippen LogP contribution in [0, 0.1) is 11.3 Å². The summed E-state index contributed by atoms with van der Waals surface area (Å²) in [4.78, 5) is 0. The van der Waals surface area contributed by atoms with Crippen molar-refractivity contribution >= 4 is 0 Å². The molecule has 1 saturated carbocycles. The summed E-state index contributed by atoms with van der Waals surface area (Å²) in [6.45, 7) is 4.55. The predicted octanol–water partition coefficient (Wildman–Crippen LogP) is 3.42. The standard InChI is InChI=1S/C11H18O/c1-3-4-11(2)6-8-5-9(8)10(12)7-11/h8,12H,3-7H2,1-2H3. The minimum atomic E-state index is 0.406. The molecule has 2 unspecified atom stereocenters. The van der Waals surface area contributed by atoms with Gasteiger partial charge in [0.05, 0.1) is 5.76 Å². The number of hydrogen-bond acceptors (Lipinski definition) is 1. The van der Waals surface area contributed by atoms with Crippen LogP contribution in [-0.4, -0.2) is 5.11 Å². The summed E-state index contributed by atoms with van der Waals surface area (Å²) in [5, 5.41) is 9.66. The van der Waals surface area contributed by atoms with Gasteiger partial charge in [0.15, 0.2) is 0 Å². The minimum Gasteiger partial charge on any atom is -0.512 e. The SMILES string of the molecule is CCCC1(C)CC(O)=C2CC2C1. The highest BCUT2D eigenvalue weighted by Crippen LogP contribution is 2.55. The van der Waals surface area contributed by atoms with Gasteiger partial charge in [-0.1, -0.05) is 20.3 Å². The first-order valence-electron chi connectivity index (χ1n) is 5.05. The molecule has 12 heavy (non-hydrogen) atoms. The summed E-state index contributed by atoms with van der Waals surface area (Å²) >= 11 is 0. The van der Waals surface area contributed by atoms with Crippen LogP contribution in [0.3, 0.4) is 0 Å². The van der Waals surface area contributed by atoms with E-state index in [1.807, 2.05) is 0 Å². The lowest BCUT2D eigenvalue weighted by Gasteiger charge is -2.31. The van der Waals surface area contributed by atoms with Crippen LogP contribution in [0.2, 0.25) is 0 Å². The number of aliphatic hydroxyl groups is 1. The summed E-state index contributed by atoms with van der Waals surface area (Å²) in [5.74, 6) is 1.48. The van der Waals surface area contributed by atoms with Gasteiger partial charge in [0.1, 0.15) is 0 Å². The fourth-order valence-corrected chi connectivity index (χ4v) is 2.73. The molecule has 1 fully saturated rings. The van der Waals surface area contributed by atoms with Gasteiger partial charge in [0.25, 0.3) is 0 Å². The second-order valence-electron chi connectivity index (χ2n) is 4.81. The molecule has 0 radical (unpaired) electrons. The number of allylic oxidation sites excluding steroid dienone is 2. The number of rotatable bonds is 2. The molecule has 0 bridgehead atoms.